The summed E-state index contributed by atoms with van der Waals surface area (Å²) in [4.78, 5) is 23.0. The highest BCUT2D eigenvalue weighted by molar-refractivity contribution is 5.79. The summed E-state index contributed by atoms with van der Waals surface area (Å²) in [6.45, 7) is 3.88. The predicted octanol–water partition coefficient (Wildman–Crippen LogP) is 5.09. The zero-order valence-corrected chi connectivity index (χ0v) is 13.5. The van der Waals surface area contributed by atoms with Gasteiger partial charge in [-0.15, -0.1) is 0 Å². The minimum Gasteiger partial charge on any atom is -0.300 e. The van der Waals surface area contributed by atoms with Crippen molar-refractivity contribution < 1.29 is 9.59 Å². The van der Waals surface area contributed by atoms with E-state index in [1.807, 2.05) is 0 Å². The monoisotopic (exact) mass is 280 g/mol. The van der Waals surface area contributed by atoms with E-state index in [1.165, 1.54) is 44.9 Å². The van der Waals surface area contributed by atoms with Gasteiger partial charge in [-0.05, 0) is 38.0 Å². The zero-order chi connectivity index (χ0) is 14.8. The molecule has 0 aliphatic heterocycles. The molecule has 0 aromatic carbocycles. The molecule has 2 heteroatoms. The first kappa shape index (κ1) is 17.4. The lowest BCUT2D eigenvalue weighted by molar-refractivity contribution is -0.121. The van der Waals surface area contributed by atoms with Crippen LogP contribution < -0.4 is 0 Å². The van der Waals surface area contributed by atoms with Crippen LogP contribution in [0.15, 0.2) is 0 Å². The number of hydrogen-bond acceptors (Lipinski definition) is 2. The molecular formula is C18H32O2. The first-order chi connectivity index (χ1) is 9.63. The van der Waals surface area contributed by atoms with Gasteiger partial charge in [-0.3, -0.25) is 4.79 Å². The van der Waals surface area contributed by atoms with Crippen LogP contribution in [0.2, 0.25) is 0 Å². The molecule has 0 amide bonds. The van der Waals surface area contributed by atoms with E-state index in [0.717, 1.165) is 25.2 Å². The van der Waals surface area contributed by atoms with E-state index in [2.05, 4.69) is 6.92 Å². The lowest BCUT2D eigenvalue weighted by atomic mass is 9.74. The van der Waals surface area contributed by atoms with Gasteiger partial charge in [0.15, 0.2) is 0 Å². The van der Waals surface area contributed by atoms with Crippen LogP contribution in [-0.2, 0) is 9.59 Å². The molecule has 116 valence electrons. The molecule has 1 aliphatic rings. The number of unbranched alkanes of at least 4 members (excludes halogenated alkanes) is 2. The highest BCUT2D eigenvalue weighted by Gasteiger charge is 2.26. The molecule has 0 saturated heterocycles. The van der Waals surface area contributed by atoms with Gasteiger partial charge in [0, 0.05) is 19.3 Å². The molecule has 2 atom stereocenters. The summed E-state index contributed by atoms with van der Waals surface area (Å²) in [6.07, 6.45) is 13.1. The third-order valence-corrected chi connectivity index (χ3v) is 4.72. The largest absolute Gasteiger partial charge is 0.300 e. The smallest absolute Gasteiger partial charge is 0.133 e. The summed E-state index contributed by atoms with van der Waals surface area (Å²) in [5, 5.41) is 0. The lowest BCUT2D eigenvalue weighted by Gasteiger charge is -2.31. The molecule has 0 N–H and O–H groups in total. The molecule has 1 aliphatic carbocycles. The number of rotatable bonds is 10. The molecule has 1 rings (SSSR count). The van der Waals surface area contributed by atoms with Crippen LogP contribution in [0, 0.1) is 11.8 Å². The second-order valence-corrected chi connectivity index (χ2v) is 6.60. The molecule has 0 radical (unpaired) electrons. The van der Waals surface area contributed by atoms with Gasteiger partial charge in [-0.2, -0.15) is 0 Å². The SMILES string of the molecule is CCCCC1CCCC[C@@H]1CC(=O)CCCCC(C)=O. The molecule has 0 aromatic rings. The van der Waals surface area contributed by atoms with E-state index in [-0.39, 0.29) is 5.78 Å². The summed E-state index contributed by atoms with van der Waals surface area (Å²) in [7, 11) is 0. The van der Waals surface area contributed by atoms with Crippen LogP contribution in [0.3, 0.4) is 0 Å². The topological polar surface area (TPSA) is 34.1 Å². The van der Waals surface area contributed by atoms with Crippen molar-refractivity contribution in [2.24, 2.45) is 11.8 Å². The lowest BCUT2D eigenvalue weighted by Crippen LogP contribution is -2.22. The molecule has 20 heavy (non-hydrogen) atoms. The quantitative estimate of drug-likeness (QED) is 0.522. The van der Waals surface area contributed by atoms with Gasteiger partial charge in [-0.25, -0.2) is 0 Å². The minimum atomic E-state index is 0.240. The van der Waals surface area contributed by atoms with Crippen LogP contribution in [-0.4, -0.2) is 11.6 Å². The normalized spacial score (nSPS) is 22.7. The van der Waals surface area contributed by atoms with Crippen LogP contribution in [0.1, 0.15) is 90.9 Å². The maximum atomic E-state index is 12.1. The van der Waals surface area contributed by atoms with E-state index >= 15 is 0 Å². The molecule has 1 saturated carbocycles. The fourth-order valence-electron chi connectivity index (χ4n) is 3.49. The van der Waals surface area contributed by atoms with Crippen molar-refractivity contribution in [2.45, 2.75) is 90.9 Å². The predicted molar refractivity (Wildman–Crippen MR) is 83.7 cm³/mol. The first-order valence-corrected chi connectivity index (χ1v) is 8.64. The van der Waals surface area contributed by atoms with Crippen molar-refractivity contribution >= 4 is 11.6 Å². The van der Waals surface area contributed by atoms with Crippen LogP contribution in [0.4, 0.5) is 0 Å². The Morgan fingerprint density at radius 1 is 0.950 bits per heavy atom. The van der Waals surface area contributed by atoms with Gasteiger partial charge in [0.1, 0.15) is 11.6 Å². The molecule has 1 unspecified atom stereocenters. The van der Waals surface area contributed by atoms with Gasteiger partial charge in [0.05, 0.1) is 0 Å². The average Bonchev–Trinajstić information content (AvgIpc) is 2.42. The average molecular weight is 280 g/mol. The van der Waals surface area contributed by atoms with Gasteiger partial charge in [-0.1, -0.05) is 45.4 Å². The molecule has 1 fully saturated rings. The summed E-state index contributed by atoms with van der Waals surface area (Å²) in [5.74, 6) is 2.12. The number of Topliss-reactive ketones (excluding diaryl/α,β-unsaturated/α-hetero) is 2. The third-order valence-electron chi connectivity index (χ3n) is 4.72. The summed E-state index contributed by atoms with van der Waals surface area (Å²) in [6, 6.07) is 0. The van der Waals surface area contributed by atoms with Gasteiger partial charge in [0.2, 0.25) is 0 Å². The minimum absolute atomic E-state index is 0.240. The standard InChI is InChI=1S/C18H32O2/c1-3-4-10-16-11-6-7-12-17(16)14-18(20)13-8-5-9-15(2)19/h16-17H,3-14H2,1-2H3/t16?,17-/m1/s1. The Morgan fingerprint density at radius 2 is 1.60 bits per heavy atom. The van der Waals surface area contributed by atoms with Crippen molar-refractivity contribution in [1.29, 1.82) is 0 Å². The van der Waals surface area contributed by atoms with Crippen LogP contribution in [0.25, 0.3) is 0 Å². The zero-order valence-electron chi connectivity index (χ0n) is 13.5. The van der Waals surface area contributed by atoms with Crippen molar-refractivity contribution in [3.63, 3.8) is 0 Å². The maximum Gasteiger partial charge on any atom is 0.133 e. The second kappa shape index (κ2) is 10.1. The highest BCUT2D eigenvalue weighted by Crippen LogP contribution is 2.36. The van der Waals surface area contributed by atoms with E-state index < -0.39 is 0 Å². The molecule has 0 aromatic heterocycles. The molecule has 0 spiro atoms. The number of hydrogen-bond donors (Lipinski definition) is 0. The first-order valence-electron chi connectivity index (χ1n) is 8.64. The molecule has 2 nitrogen and oxygen atoms in total. The van der Waals surface area contributed by atoms with Crippen molar-refractivity contribution in [1.82, 2.24) is 0 Å². The summed E-state index contributed by atoms with van der Waals surface area (Å²) in [5.41, 5.74) is 0. The van der Waals surface area contributed by atoms with Gasteiger partial charge < -0.3 is 4.79 Å². The molecule has 0 heterocycles. The highest BCUT2D eigenvalue weighted by atomic mass is 16.1. The second-order valence-electron chi connectivity index (χ2n) is 6.60. The third kappa shape index (κ3) is 7.21. The fraction of sp³-hybridized carbons (Fsp3) is 0.889. The van der Waals surface area contributed by atoms with Crippen molar-refractivity contribution in [3.8, 4) is 0 Å². The Hall–Kier alpha value is -0.660. The Labute approximate surface area is 124 Å². The van der Waals surface area contributed by atoms with Crippen molar-refractivity contribution in [3.05, 3.63) is 0 Å². The summed E-state index contributed by atoms with van der Waals surface area (Å²) >= 11 is 0. The van der Waals surface area contributed by atoms with Crippen LogP contribution in [0.5, 0.6) is 0 Å². The van der Waals surface area contributed by atoms with Crippen LogP contribution >= 0.6 is 0 Å². The molecule has 0 bridgehead atoms. The fourth-order valence-corrected chi connectivity index (χ4v) is 3.49. The Bertz CT molecular complexity index is 296. The van der Waals surface area contributed by atoms with E-state index in [0.29, 0.717) is 24.5 Å². The molecular weight excluding hydrogens is 248 g/mol. The van der Waals surface area contributed by atoms with Gasteiger partial charge in [0.25, 0.3) is 0 Å². The Kier molecular flexibility index (Phi) is 8.80. The van der Waals surface area contributed by atoms with E-state index in [9.17, 15) is 9.59 Å². The number of carbonyl (C=O) groups is 2. The number of carbonyl (C=O) groups excluding carboxylic acids is 2. The Morgan fingerprint density at radius 3 is 2.25 bits per heavy atom. The Balaban J connectivity index is 2.25. The maximum absolute atomic E-state index is 12.1. The van der Waals surface area contributed by atoms with E-state index in [1.54, 1.807) is 6.92 Å². The van der Waals surface area contributed by atoms with E-state index in [4.69, 9.17) is 0 Å². The van der Waals surface area contributed by atoms with Crippen molar-refractivity contribution in [2.75, 3.05) is 0 Å². The van der Waals surface area contributed by atoms with Gasteiger partial charge >= 0.3 is 0 Å². The number of ketones is 2. The summed E-state index contributed by atoms with van der Waals surface area (Å²) < 4.78 is 0.